The lowest BCUT2D eigenvalue weighted by Crippen LogP contribution is -2.19. The number of carbonyl (C=O) groups excluding carboxylic acids is 4. The fourth-order valence-electron chi connectivity index (χ4n) is 4.58. The van der Waals surface area contributed by atoms with Crippen molar-refractivity contribution in [2.75, 3.05) is 19.8 Å². The molecule has 0 radical (unpaired) electrons. The molecule has 49 heavy (non-hydrogen) atoms. The Labute approximate surface area is 287 Å². The van der Waals surface area contributed by atoms with Gasteiger partial charge in [0.15, 0.2) is 0 Å². The van der Waals surface area contributed by atoms with Gasteiger partial charge in [0, 0.05) is 18.6 Å². The van der Waals surface area contributed by atoms with Crippen molar-refractivity contribution in [1.29, 1.82) is 0 Å². The Bertz CT molecular complexity index is 1540. The van der Waals surface area contributed by atoms with Crippen LogP contribution >= 0.6 is 0 Å². The van der Waals surface area contributed by atoms with Gasteiger partial charge in [-0.2, -0.15) is 0 Å². The SMILES string of the molecule is C=CC(=O)OCCCCCCOc1ccc(C(=O)Oc2ccc(OC(=O)c3ccc(OCCC(CCC)OC(=O)C=C)cc3)c(C)c2)cc1. The van der Waals surface area contributed by atoms with Gasteiger partial charge in [-0.15, -0.1) is 0 Å². The van der Waals surface area contributed by atoms with Crippen molar-refractivity contribution < 1.29 is 47.6 Å². The molecule has 0 fully saturated rings. The lowest BCUT2D eigenvalue weighted by atomic mass is 10.1. The summed E-state index contributed by atoms with van der Waals surface area (Å²) in [7, 11) is 0. The molecule has 0 spiro atoms. The van der Waals surface area contributed by atoms with E-state index in [1.807, 2.05) is 6.92 Å². The molecule has 0 aliphatic heterocycles. The van der Waals surface area contributed by atoms with Gasteiger partial charge < -0.3 is 28.4 Å². The number of benzene rings is 3. The molecule has 0 heterocycles. The molecule has 0 aliphatic carbocycles. The molecule has 3 aromatic carbocycles. The van der Waals surface area contributed by atoms with E-state index in [-0.39, 0.29) is 6.10 Å². The molecular weight excluding hydrogens is 628 g/mol. The molecule has 0 saturated carbocycles. The summed E-state index contributed by atoms with van der Waals surface area (Å²) in [6.07, 6.45) is 7.68. The van der Waals surface area contributed by atoms with Gasteiger partial charge in [-0.05, 0) is 111 Å². The van der Waals surface area contributed by atoms with Crippen molar-refractivity contribution >= 4 is 23.9 Å². The fraction of sp³-hybridized carbons (Fsp3) is 0.333. The van der Waals surface area contributed by atoms with Gasteiger partial charge in [0.25, 0.3) is 0 Å². The number of rotatable bonds is 21. The molecule has 260 valence electrons. The zero-order valence-electron chi connectivity index (χ0n) is 28.2. The molecule has 10 heteroatoms. The Hall–Kier alpha value is -5.38. The summed E-state index contributed by atoms with van der Waals surface area (Å²) < 4.78 is 32.9. The van der Waals surface area contributed by atoms with E-state index in [1.54, 1.807) is 73.7 Å². The van der Waals surface area contributed by atoms with E-state index in [0.29, 0.717) is 65.9 Å². The molecule has 0 bridgehead atoms. The number of carbonyl (C=O) groups is 4. The first-order valence-electron chi connectivity index (χ1n) is 16.3. The Balaban J connectivity index is 1.41. The summed E-state index contributed by atoms with van der Waals surface area (Å²) in [4.78, 5) is 48.0. The standard InChI is InChI=1S/C39H44O10/c1-5-12-33(47-37(41)7-3)23-26-45-32-19-15-30(16-20-32)39(43)49-35-22-21-34(27-28(35)4)48-38(42)29-13-17-31(18-14-29)44-24-10-8-9-11-25-46-36(40)6-2/h6-7,13-22,27,33H,2-3,5,8-12,23-26H2,1,4H3. The van der Waals surface area contributed by atoms with Gasteiger partial charge in [-0.1, -0.05) is 26.5 Å². The van der Waals surface area contributed by atoms with Gasteiger partial charge in [-0.3, -0.25) is 0 Å². The molecule has 1 atom stereocenters. The van der Waals surface area contributed by atoms with E-state index in [0.717, 1.165) is 50.7 Å². The van der Waals surface area contributed by atoms with E-state index in [4.69, 9.17) is 28.4 Å². The summed E-state index contributed by atoms with van der Waals surface area (Å²) in [6, 6.07) is 18.0. The Morgan fingerprint density at radius 3 is 1.78 bits per heavy atom. The highest BCUT2D eigenvalue weighted by atomic mass is 16.6. The smallest absolute Gasteiger partial charge is 0.343 e. The first-order valence-corrected chi connectivity index (χ1v) is 16.3. The minimum atomic E-state index is -0.549. The maximum atomic E-state index is 12.8. The molecule has 0 N–H and O–H groups in total. The number of esters is 4. The lowest BCUT2D eigenvalue weighted by molar-refractivity contribution is -0.144. The first-order chi connectivity index (χ1) is 23.7. The zero-order valence-corrected chi connectivity index (χ0v) is 28.2. The molecule has 0 amide bonds. The van der Waals surface area contributed by atoms with Crippen LogP contribution in [0.4, 0.5) is 0 Å². The third kappa shape index (κ3) is 13.7. The van der Waals surface area contributed by atoms with Crippen LogP contribution < -0.4 is 18.9 Å². The normalized spacial score (nSPS) is 11.1. The highest BCUT2D eigenvalue weighted by Gasteiger charge is 2.15. The first kappa shape index (κ1) is 38.1. The molecule has 1 unspecified atom stereocenters. The second kappa shape index (κ2) is 20.8. The number of ether oxygens (including phenoxy) is 6. The van der Waals surface area contributed by atoms with E-state index in [2.05, 4.69) is 13.2 Å². The van der Waals surface area contributed by atoms with Crippen molar-refractivity contribution in [2.24, 2.45) is 0 Å². The van der Waals surface area contributed by atoms with Crippen LogP contribution in [0.1, 0.15) is 78.1 Å². The van der Waals surface area contributed by atoms with Crippen molar-refractivity contribution in [1.82, 2.24) is 0 Å². The Kier molecular flexibility index (Phi) is 16.1. The van der Waals surface area contributed by atoms with Crippen LogP contribution in [0.3, 0.4) is 0 Å². The van der Waals surface area contributed by atoms with Crippen LogP contribution in [0.5, 0.6) is 23.0 Å². The number of hydrogen-bond donors (Lipinski definition) is 0. The van der Waals surface area contributed by atoms with E-state index in [9.17, 15) is 19.2 Å². The van der Waals surface area contributed by atoms with E-state index in [1.165, 1.54) is 0 Å². The maximum absolute atomic E-state index is 12.8. The van der Waals surface area contributed by atoms with Crippen LogP contribution in [0.25, 0.3) is 0 Å². The molecule has 0 saturated heterocycles. The zero-order chi connectivity index (χ0) is 35.4. The van der Waals surface area contributed by atoms with Crippen LogP contribution in [0, 0.1) is 6.92 Å². The summed E-state index contributed by atoms with van der Waals surface area (Å²) >= 11 is 0. The quantitative estimate of drug-likeness (QED) is 0.0480. The molecule has 3 aromatic rings. The number of hydrogen-bond acceptors (Lipinski definition) is 10. The lowest BCUT2D eigenvalue weighted by Gasteiger charge is -2.16. The second-order valence-electron chi connectivity index (χ2n) is 11.1. The predicted octanol–water partition coefficient (Wildman–Crippen LogP) is 7.77. The molecule has 0 aliphatic rings. The van der Waals surface area contributed by atoms with Gasteiger partial charge in [-0.25, -0.2) is 19.2 Å². The number of unbranched alkanes of at least 4 members (excludes halogenated alkanes) is 3. The third-order valence-corrected chi connectivity index (χ3v) is 7.23. The van der Waals surface area contributed by atoms with Crippen LogP contribution in [-0.2, 0) is 19.1 Å². The Morgan fingerprint density at radius 2 is 1.20 bits per heavy atom. The summed E-state index contributed by atoms with van der Waals surface area (Å²) in [5.74, 6) is -0.0904. The van der Waals surface area contributed by atoms with E-state index < -0.39 is 23.9 Å². The van der Waals surface area contributed by atoms with Crippen LogP contribution in [0.2, 0.25) is 0 Å². The number of aryl methyl sites for hydroxylation is 1. The van der Waals surface area contributed by atoms with Crippen molar-refractivity contribution in [3.8, 4) is 23.0 Å². The largest absolute Gasteiger partial charge is 0.494 e. The average Bonchev–Trinajstić information content (AvgIpc) is 3.10. The van der Waals surface area contributed by atoms with E-state index >= 15 is 0 Å². The monoisotopic (exact) mass is 672 g/mol. The van der Waals surface area contributed by atoms with Gasteiger partial charge >= 0.3 is 23.9 Å². The van der Waals surface area contributed by atoms with Gasteiger partial charge in [0.2, 0.25) is 0 Å². The van der Waals surface area contributed by atoms with Crippen molar-refractivity contribution in [3.05, 3.63) is 109 Å². The summed E-state index contributed by atoms with van der Waals surface area (Å²) in [6.45, 7) is 11.8. The van der Waals surface area contributed by atoms with Crippen LogP contribution in [0.15, 0.2) is 92.0 Å². The maximum Gasteiger partial charge on any atom is 0.343 e. The second-order valence-corrected chi connectivity index (χ2v) is 11.1. The molecule has 3 rings (SSSR count). The van der Waals surface area contributed by atoms with Gasteiger partial charge in [0.05, 0.1) is 30.9 Å². The Morgan fingerprint density at radius 1 is 0.653 bits per heavy atom. The van der Waals surface area contributed by atoms with Crippen molar-refractivity contribution in [3.63, 3.8) is 0 Å². The average molecular weight is 673 g/mol. The third-order valence-electron chi connectivity index (χ3n) is 7.23. The van der Waals surface area contributed by atoms with Crippen molar-refractivity contribution in [2.45, 2.75) is 64.9 Å². The summed E-state index contributed by atoms with van der Waals surface area (Å²) in [5.41, 5.74) is 1.31. The summed E-state index contributed by atoms with van der Waals surface area (Å²) in [5, 5.41) is 0. The van der Waals surface area contributed by atoms with Crippen LogP contribution in [-0.4, -0.2) is 49.8 Å². The minimum absolute atomic E-state index is 0.253. The highest BCUT2D eigenvalue weighted by molar-refractivity contribution is 5.92. The molecule has 10 nitrogen and oxygen atoms in total. The fourth-order valence-corrected chi connectivity index (χ4v) is 4.58. The minimum Gasteiger partial charge on any atom is -0.494 e. The molecular formula is C39H44O10. The predicted molar refractivity (Wildman–Crippen MR) is 184 cm³/mol. The topological polar surface area (TPSA) is 124 Å². The van der Waals surface area contributed by atoms with Gasteiger partial charge in [0.1, 0.15) is 29.1 Å². The molecule has 0 aromatic heterocycles. The highest BCUT2D eigenvalue weighted by Crippen LogP contribution is 2.26.